The maximum atomic E-state index is 11.5. The first-order valence-electron chi connectivity index (χ1n) is 4.43. The number of carbonyl (C=O) groups excluding carboxylic acids is 1. The van der Waals surface area contributed by atoms with Crippen LogP contribution in [-0.2, 0) is 0 Å². The zero-order valence-corrected chi connectivity index (χ0v) is 8.32. The van der Waals surface area contributed by atoms with E-state index in [1.54, 1.807) is 6.20 Å². The summed E-state index contributed by atoms with van der Waals surface area (Å²) in [5.74, 6) is -0.240. The third-order valence-corrected chi connectivity index (χ3v) is 1.74. The molecule has 0 bridgehead atoms. The highest BCUT2D eigenvalue weighted by atomic mass is 16.1. The highest BCUT2D eigenvalue weighted by Gasteiger charge is 2.09. The summed E-state index contributed by atoms with van der Waals surface area (Å²) in [6.07, 6.45) is 3.01. The van der Waals surface area contributed by atoms with E-state index in [1.807, 2.05) is 13.8 Å². The van der Waals surface area contributed by atoms with Gasteiger partial charge in [-0.1, -0.05) is 0 Å². The van der Waals surface area contributed by atoms with Crippen molar-refractivity contribution in [1.82, 2.24) is 15.3 Å². The van der Waals surface area contributed by atoms with Crippen LogP contribution >= 0.6 is 0 Å². The van der Waals surface area contributed by atoms with Crippen LogP contribution in [0.4, 0.5) is 0 Å². The summed E-state index contributed by atoms with van der Waals surface area (Å²) in [6, 6.07) is -0.0504. The van der Waals surface area contributed by atoms with Crippen LogP contribution in [0.2, 0.25) is 0 Å². The molecule has 0 radical (unpaired) electrons. The highest BCUT2D eigenvalue weighted by Crippen LogP contribution is 1.94. The fourth-order valence-electron chi connectivity index (χ4n) is 0.866. The number of aryl methyl sites for hydroxylation is 1. The van der Waals surface area contributed by atoms with E-state index < -0.39 is 0 Å². The van der Waals surface area contributed by atoms with Gasteiger partial charge in [0.25, 0.3) is 5.91 Å². The molecule has 1 rings (SSSR count). The number of carbonyl (C=O) groups is 1. The summed E-state index contributed by atoms with van der Waals surface area (Å²) < 4.78 is 0. The van der Waals surface area contributed by atoms with Crippen LogP contribution < -0.4 is 11.1 Å². The molecule has 1 heterocycles. The molecule has 0 saturated heterocycles. The number of amides is 1. The number of nitrogens with zero attached hydrogens (tertiary/aromatic N) is 2. The van der Waals surface area contributed by atoms with Crippen LogP contribution in [0.3, 0.4) is 0 Å². The lowest BCUT2D eigenvalue weighted by atomic mass is 10.3. The zero-order chi connectivity index (χ0) is 10.6. The monoisotopic (exact) mass is 194 g/mol. The number of nitrogens with one attached hydrogen (secondary N) is 1. The van der Waals surface area contributed by atoms with E-state index in [0.717, 1.165) is 5.69 Å². The smallest absolute Gasteiger partial charge is 0.271 e. The zero-order valence-electron chi connectivity index (χ0n) is 8.32. The highest BCUT2D eigenvalue weighted by molar-refractivity contribution is 5.92. The predicted molar refractivity (Wildman–Crippen MR) is 52.8 cm³/mol. The molecule has 1 aromatic heterocycles. The van der Waals surface area contributed by atoms with Crippen molar-refractivity contribution in [2.45, 2.75) is 19.9 Å². The van der Waals surface area contributed by atoms with Crippen molar-refractivity contribution in [1.29, 1.82) is 0 Å². The van der Waals surface area contributed by atoms with Gasteiger partial charge in [0.2, 0.25) is 0 Å². The molecular formula is C9H14N4O. The molecule has 0 saturated carbocycles. The van der Waals surface area contributed by atoms with Gasteiger partial charge in [0.05, 0.1) is 11.9 Å². The van der Waals surface area contributed by atoms with Gasteiger partial charge in [0, 0.05) is 18.8 Å². The van der Waals surface area contributed by atoms with Gasteiger partial charge in [-0.3, -0.25) is 9.78 Å². The maximum absolute atomic E-state index is 11.5. The first-order valence-corrected chi connectivity index (χ1v) is 4.43. The molecule has 3 N–H and O–H groups in total. The summed E-state index contributed by atoms with van der Waals surface area (Å²) in [4.78, 5) is 19.4. The minimum Gasteiger partial charge on any atom is -0.347 e. The van der Waals surface area contributed by atoms with Crippen LogP contribution in [-0.4, -0.2) is 28.5 Å². The number of hydrogen-bond donors (Lipinski definition) is 2. The Morgan fingerprint density at radius 3 is 2.79 bits per heavy atom. The molecule has 5 nitrogen and oxygen atoms in total. The SMILES string of the molecule is Cc1cnc(C(=O)N[C@@H](C)CN)cn1. The van der Waals surface area contributed by atoms with E-state index in [4.69, 9.17) is 5.73 Å². The molecule has 0 fully saturated rings. The summed E-state index contributed by atoms with van der Waals surface area (Å²) >= 11 is 0. The topological polar surface area (TPSA) is 80.9 Å². The second kappa shape index (κ2) is 4.66. The first kappa shape index (κ1) is 10.6. The lowest BCUT2D eigenvalue weighted by Crippen LogP contribution is -2.38. The minimum absolute atomic E-state index is 0.0504. The molecule has 0 spiro atoms. The Kier molecular flexibility index (Phi) is 3.53. The third kappa shape index (κ3) is 2.77. The predicted octanol–water partition coefficient (Wildman–Crippen LogP) is -0.138. The molecule has 0 aliphatic rings. The fraction of sp³-hybridized carbons (Fsp3) is 0.444. The molecule has 0 aliphatic carbocycles. The van der Waals surface area contributed by atoms with E-state index in [0.29, 0.717) is 12.2 Å². The van der Waals surface area contributed by atoms with E-state index in [9.17, 15) is 4.79 Å². The van der Waals surface area contributed by atoms with Gasteiger partial charge in [-0.15, -0.1) is 0 Å². The van der Waals surface area contributed by atoms with Crippen molar-refractivity contribution in [3.63, 3.8) is 0 Å². The minimum atomic E-state index is -0.240. The Balaban J connectivity index is 2.65. The lowest BCUT2D eigenvalue weighted by molar-refractivity contribution is 0.0936. The molecule has 0 aromatic carbocycles. The number of aromatic nitrogens is 2. The van der Waals surface area contributed by atoms with Crippen molar-refractivity contribution in [3.8, 4) is 0 Å². The summed E-state index contributed by atoms with van der Waals surface area (Å²) in [7, 11) is 0. The van der Waals surface area contributed by atoms with Crippen LogP contribution in [0.25, 0.3) is 0 Å². The Labute approximate surface area is 82.7 Å². The Hall–Kier alpha value is -1.49. The quantitative estimate of drug-likeness (QED) is 0.702. The number of hydrogen-bond acceptors (Lipinski definition) is 4. The van der Waals surface area contributed by atoms with E-state index in [2.05, 4.69) is 15.3 Å². The van der Waals surface area contributed by atoms with Crippen molar-refractivity contribution in [2.75, 3.05) is 6.54 Å². The Morgan fingerprint density at radius 2 is 2.29 bits per heavy atom. The van der Waals surface area contributed by atoms with E-state index in [1.165, 1.54) is 6.20 Å². The van der Waals surface area contributed by atoms with Crippen LogP contribution in [0.1, 0.15) is 23.1 Å². The van der Waals surface area contributed by atoms with Gasteiger partial charge in [-0.2, -0.15) is 0 Å². The molecular weight excluding hydrogens is 180 g/mol. The van der Waals surface area contributed by atoms with Gasteiger partial charge < -0.3 is 11.1 Å². The molecule has 5 heteroatoms. The summed E-state index contributed by atoms with van der Waals surface area (Å²) in [6.45, 7) is 4.06. The van der Waals surface area contributed by atoms with Gasteiger partial charge in [0.15, 0.2) is 0 Å². The van der Waals surface area contributed by atoms with E-state index in [-0.39, 0.29) is 11.9 Å². The van der Waals surface area contributed by atoms with Gasteiger partial charge in [0.1, 0.15) is 5.69 Å². The molecule has 0 aliphatic heterocycles. The molecule has 1 atom stereocenters. The second-order valence-corrected chi connectivity index (χ2v) is 3.15. The molecule has 1 aromatic rings. The van der Waals surface area contributed by atoms with Crippen molar-refractivity contribution in [2.24, 2.45) is 5.73 Å². The van der Waals surface area contributed by atoms with Crippen molar-refractivity contribution < 1.29 is 4.79 Å². The number of nitrogens with two attached hydrogens (primary N) is 1. The lowest BCUT2D eigenvalue weighted by Gasteiger charge is -2.10. The average molecular weight is 194 g/mol. The fourth-order valence-corrected chi connectivity index (χ4v) is 0.866. The van der Waals surface area contributed by atoms with Crippen LogP contribution in [0.5, 0.6) is 0 Å². The third-order valence-electron chi connectivity index (χ3n) is 1.74. The van der Waals surface area contributed by atoms with Crippen molar-refractivity contribution >= 4 is 5.91 Å². The second-order valence-electron chi connectivity index (χ2n) is 3.15. The number of rotatable bonds is 3. The first-order chi connectivity index (χ1) is 6.63. The standard InChI is InChI=1S/C9H14N4O/c1-6(3-10)13-9(14)8-5-11-7(2)4-12-8/h4-6H,3,10H2,1-2H3,(H,13,14)/t6-/m0/s1. The Morgan fingerprint density at radius 1 is 1.57 bits per heavy atom. The summed E-state index contributed by atoms with van der Waals surface area (Å²) in [5.41, 5.74) is 6.47. The van der Waals surface area contributed by atoms with Gasteiger partial charge >= 0.3 is 0 Å². The summed E-state index contributed by atoms with van der Waals surface area (Å²) in [5, 5.41) is 2.70. The van der Waals surface area contributed by atoms with Gasteiger partial charge in [-0.25, -0.2) is 4.98 Å². The van der Waals surface area contributed by atoms with E-state index >= 15 is 0 Å². The normalized spacial score (nSPS) is 12.2. The molecule has 76 valence electrons. The van der Waals surface area contributed by atoms with Crippen molar-refractivity contribution in [3.05, 3.63) is 23.8 Å². The Bertz CT molecular complexity index is 309. The average Bonchev–Trinajstić information content (AvgIpc) is 2.18. The molecule has 0 unspecified atom stereocenters. The molecule has 14 heavy (non-hydrogen) atoms. The maximum Gasteiger partial charge on any atom is 0.271 e. The molecule has 1 amide bonds. The largest absolute Gasteiger partial charge is 0.347 e. The van der Waals surface area contributed by atoms with Crippen LogP contribution in [0.15, 0.2) is 12.4 Å². The van der Waals surface area contributed by atoms with Gasteiger partial charge in [-0.05, 0) is 13.8 Å². The van der Waals surface area contributed by atoms with Crippen LogP contribution in [0, 0.1) is 6.92 Å².